The van der Waals surface area contributed by atoms with E-state index in [4.69, 9.17) is 14.6 Å². The zero-order valence-electron chi connectivity index (χ0n) is 13.9. The predicted octanol–water partition coefficient (Wildman–Crippen LogP) is 2.66. The zero-order valence-corrected chi connectivity index (χ0v) is 14.7. The first kappa shape index (κ1) is 18.6. The van der Waals surface area contributed by atoms with E-state index >= 15 is 0 Å². The first-order valence-corrected chi connectivity index (χ1v) is 9.01. The van der Waals surface area contributed by atoms with Gasteiger partial charge in [0.15, 0.2) is 6.61 Å². The highest BCUT2D eigenvalue weighted by atomic mass is 32.2. The van der Waals surface area contributed by atoms with Crippen LogP contribution in [0, 0.1) is 6.92 Å². The normalized spacial score (nSPS) is 11.0. The van der Waals surface area contributed by atoms with Crippen LogP contribution < -0.4 is 14.2 Å². The van der Waals surface area contributed by atoms with Gasteiger partial charge in [0.25, 0.3) is 10.0 Å². The SMILES string of the molecule is CCOc1ccc(NS(=O)(=O)c2ccc(OCC(=O)O)c(C)c2)cc1. The summed E-state index contributed by atoms with van der Waals surface area (Å²) in [6.45, 7) is 3.55. The van der Waals surface area contributed by atoms with Crippen molar-refractivity contribution in [1.29, 1.82) is 0 Å². The van der Waals surface area contributed by atoms with E-state index in [1.807, 2.05) is 6.92 Å². The molecule has 0 aliphatic rings. The minimum Gasteiger partial charge on any atom is -0.494 e. The van der Waals surface area contributed by atoms with Gasteiger partial charge in [-0.15, -0.1) is 0 Å². The van der Waals surface area contributed by atoms with Gasteiger partial charge < -0.3 is 14.6 Å². The summed E-state index contributed by atoms with van der Waals surface area (Å²) in [5.41, 5.74) is 0.933. The van der Waals surface area contributed by atoms with Crippen LogP contribution in [0.4, 0.5) is 5.69 Å². The number of aryl methyl sites for hydroxylation is 1. The summed E-state index contributed by atoms with van der Waals surface area (Å²) in [5, 5.41) is 8.63. The second-order valence-corrected chi connectivity index (χ2v) is 6.86. The van der Waals surface area contributed by atoms with Crippen molar-refractivity contribution in [3.05, 3.63) is 48.0 Å². The van der Waals surface area contributed by atoms with Crippen molar-refractivity contribution in [2.45, 2.75) is 18.7 Å². The lowest BCUT2D eigenvalue weighted by atomic mass is 10.2. The number of rotatable bonds is 8. The molecule has 0 amide bonds. The first-order chi connectivity index (χ1) is 11.8. The second-order valence-electron chi connectivity index (χ2n) is 5.17. The van der Waals surface area contributed by atoms with Gasteiger partial charge in [-0.1, -0.05) is 0 Å². The van der Waals surface area contributed by atoms with Crippen LogP contribution in [0.5, 0.6) is 11.5 Å². The Balaban J connectivity index is 2.15. The lowest BCUT2D eigenvalue weighted by Crippen LogP contribution is -2.14. The van der Waals surface area contributed by atoms with Gasteiger partial charge in [-0.05, 0) is 61.9 Å². The second kappa shape index (κ2) is 7.89. The summed E-state index contributed by atoms with van der Waals surface area (Å²) in [4.78, 5) is 10.6. The first-order valence-electron chi connectivity index (χ1n) is 7.52. The molecule has 2 aromatic rings. The Hall–Kier alpha value is -2.74. The Morgan fingerprint density at radius 1 is 1.12 bits per heavy atom. The molecule has 0 saturated carbocycles. The molecule has 0 saturated heterocycles. The van der Waals surface area contributed by atoms with Crippen molar-refractivity contribution < 1.29 is 27.8 Å². The van der Waals surface area contributed by atoms with Gasteiger partial charge in [0, 0.05) is 5.69 Å². The highest BCUT2D eigenvalue weighted by molar-refractivity contribution is 7.92. The van der Waals surface area contributed by atoms with E-state index in [9.17, 15) is 13.2 Å². The number of aliphatic carboxylic acids is 1. The largest absolute Gasteiger partial charge is 0.494 e. The van der Waals surface area contributed by atoms with Gasteiger partial charge in [0.1, 0.15) is 11.5 Å². The molecule has 0 atom stereocenters. The Kier molecular flexibility index (Phi) is 5.87. The van der Waals surface area contributed by atoms with Crippen LogP contribution in [0.25, 0.3) is 0 Å². The summed E-state index contributed by atoms with van der Waals surface area (Å²) >= 11 is 0. The van der Waals surface area contributed by atoms with Crippen LogP contribution >= 0.6 is 0 Å². The minimum absolute atomic E-state index is 0.0570. The van der Waals surface area contributed by atoms with E-state index < -0.39 is 22.6 Å². The fraction of sp³-hybridized carbons (Fsp3) is 0.235. The average Bonchev–Trinajstić information content (AvgIpc) is 2.55. The number of hydrogen-bond acceptors (Lipinski definition) is 5. The number of nitrogens with one attached hydrogen (secondary N) is 1. The summed E-state index contributed by atoms with van der Waals surface area (Å²) in [5.74, 6) is -0.128. The van der Waals surface area contributed by atoms with E-state index in [0.717, 1.165) is 0 Å². The van der Waals surface area contributed by atoms with Crippen LogP contribution in [-0.2, 0) is 14.8 Å². The van der Waals surface area contributed by atoms with E-state index in [1.165, 1.54) is 18.2 Å². The maximum Gasteiger partial charge on any atom is 0.341 e. The number of ether oxygens (including phenoxy) is 2. The third-order valence-corrected chi connectivity index (χ3v) is 4.60. The van der Waals surface area contributed by atoms with Crippen LogP contribution in [0.15, 0.2) is 47.4 Å². The zero-order chi connectivity index (χ0) is 18.4. The third kappa shape index (κ3) is 5.12. The summed E-state index contributed by atoms with van der Waals surface area (Å²) in [6, 6.07) is 10.8. The number of carbonyl (C=O) groups is 1. The molecule has 2 aromatic carbocycles. The molecular formula is C17H19NO6S. The van der Waals surface area contributed by atoms with Crippen LogP contribution in [0.2, 0.25) is 0 Å². The van der Waals surface area contributed by atoms with Crippen molar-refractivity contribution in [2.75, 3.05) is 17.9 Å². The molecule has 0 fully saturated rings. The summed E-state index contributed by atoms with van der Waals surface area (Å²) in [6.07, 6.45) is 0. The molecule has 2 rings (SSSR count). The third-order valence-electron chi connectivity index (χ3n) is 3.23. The number of benzene rings is 2. The number of anilines is 1. The highest BCUT2D eigenvalue weighted by Gasteiger charge is 2.16. The topological polar surface area (TPSA) is 102 Å². The molecule has 0 heterocycles. The van der Waals surface area contributed by atoms with Crippen molar-refractivity contribution in [2.24, 2.45) is 0 Å². The number of hydrogen-bond donors (Lipinski definition) is 2. The van der Waals surface area contributed by atoms with Gasteiger partial charge in [-0.25, -0.2) is 13.2 Å². The van der Waals surface area contributed by atoms with Crippen molar-refractivity contribution in [1.82, 2.24) is 0 Å². The van der Waals surface area contributed by atoms with Gasteiger partial charge in [0.05, 0.1) is 11.5 Å². The number of carboxylic acid groups (broad SMARTS) is 1. The van der Waals surface area contributed by atoms with Crippen LogP contribution in [-0.4, -0.2) is 32.7 Å². The molecule has 0 spiro atoms. The van der Waals surface area contributed by atoms with Gasteiger partial charge in [0.2, 0.25) is 0 Å². The van der Waals surface area contributed by atoms with Gasteiger partial charge in [-0.3, -0.25) is 4.72 Å². The Morgan fingerprint density at radius 2 is 1.80 bits per heavy atom. The van der Waals surface area contributed by atoms with E-state index in [-0.39, 0.29) is 4.90 Å². The number of carboxylic acids is 1. The molecule has 0 aromatic heterocycles. The molecular weight excluding hydrogens is 346 g/mol. The van der Waals surface area contributed by atoms with Crippen molar-refractivity contribution >= 4 is 21.7 Å². The maximum absolute atomic E-state index is 12.5. The Bertz CT molecular complexity index is 846. The van der Waals surface area contributed by atoms with E-state index in [1.54, 1.807) is 31.2 Å². The molecule has 2 N–H and O–H groups in total. The molecule has 0 aliphatic heterocycles. The van der Waals surface area contributed by atoms with Crippen molar-refractivity contribution in [3.8, 4) is 11.5 Å². The molecule has 0 unspecified atom stereocenters. The molecule has 25 heavy (non-hydrogen) atoms. The monoisotopic (exact) mass is 365 g/mol. The fourth-order valence-corrected chi connectivity index (χ4v) is 3.23. The van der Waals surface area contributed by atoms with Gasteiger partial charge >= 0.3 is 5.97 Å². The quantitative estimate of drug-likeness (QED) is 0.746. The molecule has 0 aliphatic carbocycles. The summed E-state index contributed by atoms with van der Waals surface area (Å²) in [7, 11) is -3.77. The lowest BCUT2D eigenvalue weighted by Gasteiger charge is -2.12. The Labute approximate surface area is 146 Å². The van der Waals surface area contributed by atoms with E-state index in [0.29, 0.717) is 29.4 Å². The lowest BCUT2D eigenvalue weighted by molar-refractivity contribution is -0.139. The van der Waals surface area contributed by atoms with Gasteiger partial charge in [-0.2, -0.15) is 0 Å². The minimum atomic E-state index is -3.77. The molecule has 7 nitrogen and oxygen atoms in total. The molecule has 8 heteroatoms. The predicted molar refractivity (Wildman–Crippen MR) is 92.7 cm³/mol. The van der Waals surface area contributed by atoms with E-state index in [2.05, 4.69) is 4.72 Å². The maximum atomic E-state index is 12.5. The average molecular weight is 365 g/mol. The van der Waals surface area contributed by atoms with Crippen LogP contribution in [0.3, 0.4) is 0 Å². The van der Waals surface area contributed by atoms with Crippen LogP contribution in [0.1, 0.15) is 12.5 Å². The smallest absolute Gasteiger partial charge is 0.341 e. The highest BCUT2D eigenvalue weighted by Crippen LogP contribution is 2.24. The number of sulfonamides is 1. The molecule has 134 valence electrons. The molecule has 0 radical (unpaired) electrons. The Morgan fingerprint density at radius 3 is 2.36 bits per heavy atom. The summed E-state index contributed by atoms with van der Waals surface area (Å²) < 4.78 is 37.8. The van der Waals surface area contributed by atoms with Crippen molar-refractivity contribution in [3.63, 3.8) is 0 Å². The fourth-order valence-electron chi connectivity index (χ4n) is 2.09. The standard InChI is InChI=1S/C17H19NO6S/c1-3-23-14-6-4-13(5-7-14)18-25(21,22)15-8-9-16(12(2)10-15)24-11-17(19)20/h4-10,18H,3,11H2,1-2H3,(H,19,20). The molecule has 0 bridgehead atoms.